The fraction of sp³-hybridized carbons (Fsp3) is 0.867. The molecule has 0 spiro atoms. The molecule has 20 heavy (non-hydrogen) atoms. The summed E-state index contributed by atoms with van der Waals surface area (Å²) in [5, 5.41) is 0. The minimum Gasteiger partial charge on any atom is -0.392 e. The monoisotopic (exact) mass is 312 g/mol. The highest BCUT2D eigenvalue weighted by atomic mass is 32.2. The number of amides is 1. The Labute approximate surface area is 131 Å². The molecule has 2 saturated carbocycles. The third-order valence-electron chi connectivity index (χ3n) is 5.78. The van der Waals surface area contributed by atoms with Crippen LogP contribution >= 0.6 is 24.0 Å². The van der Waals surface area contributed by atoms with Gasteiger partial charge >= 0.3 is 0 Å². The van der Waals surface area contributed by atoms with Crippen molar-refractivity contribution in [3.8, 4) is 0 Å². The maximum absolute atomic E-state index is 12.7. The molecular formula is C15H24N2OS2. The summed E-state index contributed by atoms with van der Waals surface area (Å²) < 4.78 is -0.0825. The van der Waals surface area contributed by atoms with E-state index >= 15 is 0 Å². The number of likely N-dealkylation sites (tertiary alicyclic amines) is 1. The molecule has 2 aliphatic carbocycles. The van der Waals surface area contributed by atoms with Crippen molar-refractivity contribution in [2.75, 3.05) is 19.3 Å². The quantitative estimate of drug-likeness (QED) is 0.813. The molecule has 2 N–H and O–H groups in total. The predicted octanol–water partition coefficient (Wildman–Crippen LogP) is 2.43. The number of carbonyl (C=O) groups is 1. The first kappa shape index (κ1) is 14.6. The molecule has 3 atom stereocenters. The largest absolute Gasteiger partial charge is 0.392 e. The van der Waals surface area contributed by atoms with Gasteiger partial charge in [0.25, 0.3) is 0 Å². The molecular weight excluding hydrogens is 288 g/mol. The second-order valence-corrected chi connectivity index (χ2v) is 8.30. The van der Waals surface area contributed by atoms with E-state index in [9.17, 15) is 4.79 Å². The van der Waals surface area contributed by atoms with Crippen molar-refractivity contribution in [2.45, 2.75) is 43.3 Å². The molecule has 1 heterocycles. The molecule has 2 bridgehead atoms. The minimum atomic E-state index is -0.0825. The van der Waals surface area contributed by atoms with Crippen LogP contribution in [-0.4, -0.2) is 39.9 Å². The molecule has 112 valence electrons. The van der Waals surface area contributed by atoms with Crippen LogP contribution in [0.25, 0.3) is 0 Å². The standard InChI is InChI=1S/C15H24N2OS2/c1-20-15(14(16)19)4-6-17(7-5-15)13(18)12-9-10-2-3-11(12)8-10/h10-12H,2-9H2,1H3,(H2,16,19). The predicted molar refractivity (Wildman–Crippen MR) is 87.8 cm³/mol. The van der Waals surface area contributed by atoms with Gasteiger partial charge in [-0.3, -0.25) is 4.79 Å². The molecule has 0 aromatic carbocycles. The third kappa shape index (κ3) is 2.37. The lowest BCUT2D eigenvalue weighted by Crippen LogP contribution is -2.52. The zero-order chi connectivity index (χ0) is 14.3. The van der Waals surface area contributed by atoms with Gasteiger partial charge in [-0.1, -0.05) is 18.6 Å². The summed E-state index contributed by atoms with van der Waals surface area (Å²) in [6.07, 6.45) is 8.97. The van der Waals surface area contributed by atoms with Crippen LogP contribution in [0.5, 0.6) is 0 Å². The first-order chi connectivity index (χ1) is 9.55. The molecule has 1 saturated heterocycles. The number of nitrogens with two attached hydrogens (primary N) is 1. The van der Waals surface area contributed by atoms with Crippen LogP contribution < -0.4 is 5.73 Å². The van der Waals surface area contributed by atoms with Crippen molar-refractivity contribution in [3.05, 3.63) is 0 Å². The lowest BCUT2D eigenvalue weighted by Gasteiger charge is -2.41. The smallest absolute Gasteiger partial charge is 0.225 e. The van der Waals surface area contributed by atoms with Crippen LogP contribution in [-0.2, 0) is 4.79 Å². The van der Waals surface area contributed by atoms with Gasteiger partial charge in [0, 0.05) is 19.0 Å². The lowest BCUT2D eigenvalue weighted by molar-refractivity contribution is -0.138. The van der Waals surface area contributed by atoms with Gasteiger partial charge in [0.15, 0.2) is 0 Å². The molecule has 3 nitrogen and oxygen atoms in total. The van der Waals surface area contributed by atoms with Crippen LogP contribution in [0, 0.1) is 17.8 Å². The summed E-state index contributed by atoms with van der Waals surface area (Å²) in [5.74, 6) is 2.24. The number of thiocarbonyl (C=S) groups is 1. The molecule has 1 amide bonds. The fourth-order valence-corrected chi connectivity index (χ4v) is 5.67. The molecule has 5 heteroatoms. The van der Waals surface area contributed by atoms with Crippen molar-refractivity contribution < 1.29 is 4.79 Å². The highest BCUT2D eigenvalue weighted by molar-refractivity contribution is 8.02. The van der Waals surface area contributed by atoms with E-state index in [1.807, 2.05) is 0 Å². The van der Waals surface area contributed by atoms with E-state index in [0.29, 0.717) is 22.7 Å². The Morgan fingerprint density at radius 3 is 2.45 bits per heavy atom. The third-order valence-corrected chi connectivity index (χ3v) is 7.71. The normalized spacial score (nSPS) is 35.2. The number of piperidine rings is 1. The summed E-state index contributed by atoms with van der Waals surface area (Å²) in [6.45, 7) is 1.65. The van der Waals surface area contributed by atoms with Gasteiger partial charge < -0.3 is 10.6 Å². The van der Waals surface area contributed by atoms with Gasteiger partial charge in [-0.25, -0.2) is 0 Å². The Kier molecular flexibility index (Phi) is 4.01. The maximum atomic E-state index is 12.7. The van der Waals surface area contributed by atoms with Crippen LogP contribution in [0.4, 0.5) is 0 Å². The van der Waals surface area contributed by atoms with Gasteiger partial charge in [0.05, 0.1) is 9.74 Å². The Bertz CT molecular complexity index is 418. The van der Waals surface area contributed by atoms with E-state index in [4.69, 9.17) is 18.0 Å². The zero-order valence-corrected chi connectivity index (χ0v) is 13.8. The van der Waals surface area contributed by atoms with Crippen LogP contribution in [0.1, 0.15) is 38.5 Å². The number of rotatable bonds is 3. The molecule has 0 aromatic rings. The lowest BCUT2D eigenvalue weighted by atomic mass is 9.86. The zero-order valence-electron chi connectivity index (χ0n) is 12.1. The number of thioether (sulfide) groups is 1. The first-order valence-corrected chi connectivity index (χ1v) is 9.33. The number of hydrogen-bond acceptors (Lipinski definition) is 3. The van der Waals surface area contributed by atoms with Gasteiger partial charge in [-0.2, -0.15) is 11.8 Å². The summed E-state index contributed by atoms with van der Waals surface area (Å²) in [7, 11) is 0. The van der Waals surface area contributed by atoms with Crippen LogP contribution in [0.2, 0.25) is 0 Å². The maximum Gasteiger partial charge on any atom is 0.225 e. The number of hydrogen-bond donors (Lipinski definition) is 1. The second kappa shape index (κ2) is 5.48. The van der Waals surface area contributed by atoms with Crippen molar-refractivity contribution in [3.63, 3.8) is 0 Å². The highest BCUT2D eigenvalue weighted by Gasteiger charge is 2.46. The Balaban J connectivity index is 1.61. The minimum absolute atomic E-state index is 0.0825. The van der Waals surface area contributed by atoms with E-state index in [1.165, 1.54) is 19.3 Å². The van der Waals surface area contributed by atoms with Gasteiger partial charge in [0.2, 0.25) is 5.91 Å². The van der Waals surface area contributed by atoms with Crippen LogP contribution in [0.3, 0.4) is 0 Å². The topological polar surface area (TPSA) is 46.3 Å². The fourth-order valence-electron chi connectivity index (χ4n) is 4.42. The van der Waals surface area contributed by atoms with E-state index < -0.39 is 0 Å². The van der Waals surface area contributed by atoms with Crippen molar-refractivity contribution in [2.24, 2.45) is 23.5 Å². The molecule has 1 aliphatic heterocycles. The van der Waals surface area contributed by atoms with Gasteiger partial charge in [-0.15, -0.1) is 0 Å². The Morgan fingerprint density at radius 2 is 2.00 bits per heavy atom. The Hall–Kier alpha value is -0.290. The first-order valence-electron chi connectivity index (χ1n) is 7.69. The highest BCUT2D eigenvalue weighted by Crippen LogP contribution is 2.49. The number of nitrogens with zero attached hydrogens (tertiary/aromatic N) is 1. The summed E-state index contributed by atoms with van der Waals surface area (Å²) in [4.78, 5) is 15.4. The molecule has 3 fully saturated rings. The molecule has 3 aliphatic rings. The van der Waals surface area contributed by atoms with Gasteiger partial charge in [-0.05, 0) is 50.2 Å². The summed E-state index contributed by atoms with van der Waals surface area (Å²) in [5.41, 5.74) is 5.91. The molecule has 3 rings (SSSR count). The SMILES string of the molecule is CSC1(C(N)=S)CCN(C(=O)C2CC3CCC2C3)CC1. The number of fused-ring (bicyclic) bond motifs is 2. The average Bonchev–Trinajstić information content (AvgIpc) is 3.09. The second-order valence-electron chi connectivity index (χ2n) is 6.67. The van der Waals surface area contributed by atoms with Crippen molar-refractivity contribution in [1.29, 1.82) is 0 Å². The van der Waals surface area contributed by atoms with E-state index in [1.54, 1.807) is 11.8 Å². The summed E-state index contributed by atoms with van der Waals surface area (Å²) >= 11 is 6.99. The van der Waals surface area contributed by atoms with Gasteiger partial charge in [0.1, 0.15) is 0 Å². The molecule has 3 unspecified atom stereocenters. The molecule has 0 radical (unpaired) electrons. The Morgan fingerprint density at radius 1 is 1.30 bits per heavy atom. The van der Waals surface area contributed by atoms with E-state index in [2.05, 4.69) is 11.2 Å². The van der Waals surface area contributed by atoms with E-state index in [0.717, 1.165) is 38.3 Å². The van der Waals surface area contributed by atoms with E-state index in [-0.39, 0.29) is 4.75 Å². The number of carbonyl (C=O) groups excluding carboxylic acids is 1. The van der Waals surface area contributed by atoms with Crippen molar-refractivity contribution in [1.82, 2.24) is 4.90 Å². The molecule has 0 aromatic heterocycles. The van der Waals surface area contributed by atoms with Crippen molar-refractivity contribution >= 4 is 34.9 Å². The van der Waals surface area contributed by atoms with Crippen LogP contribution in [0.15, 0.2) is 0 Å². The summed E-state index contributed by atoms with van der Waals surface area (Å²) in [6, 6.07) is 0. The average molecular weight is 313 g/mol.